The first kappa shape index (κ1) is 18.0. The quantitative estimate of drug-likeness (QED) is 0.666. The molecule has 3 heterocycles. The molecule has 27 heavy (non-hydrogen) atoms. The monoisotopic (exact) mass is 428 g/mol. The van der Waals surface area contributed by atoms with Crippen molar-refractivity contribution < 1.29 is 9.21 Å². The number of halogens is 1. The summed E-state index contributed by atoms with van der Waals surface area (Å²) in [6.07, 6.45) is 3.35. The lowest BCUT2D eigenvalue weighted by Gasteiger charge is -2.33. The summed E-state index contributed by atoms with van der Waals surface area (Å²) in [6.45, 7) is 5.47. The maximum absolute atomic E-state index is 12.8. The van der Waals surface area contributed by atoms with Crippen LogP contribution in [0.3, 0.4) is 0 Å². The van der Waals surface area contributed by atoms with Crippen molar-refractivity contribution in [2.24, 2.45) is 5.92 Å². The Kier molecular flexibility index (Phi) is 4.86. The highest BCUT2D eigenvalue weighted by atomic mass is 79.9. The van der Waals surface area contributed by atoms with Crippen molar-refractivity contribution in [2.75, 3.05) is 23.3 Å². The van der Waals surface area contributed by atoms with Gasteiger partial charge in [-0.1, -0.05) is 15.9 Å². The Bertz CT molecular complexity index is 984. The van der Waals surface area contributed by atoms with E-state index in [1.54, 1.807) is 0 Å². The average Bonchev–Trinajstić information content (AvgIpc) is 2.98. The molecule has 1 unspecified atom stereocenters. The molecule has 1 saturated heterocycles. The Hall–Kier alpha value is -2.41. The van der Waals surface area contributed by atoms with Crippen molar-refractivity contribution in [1.29, 1.82) is 0 Å². The van der Waals surface area contributed by atoms with Crippen LogP contribution < -0.4 is 10.2 Å². The van der Waals surface area contributed by atoms with E-state index in [4.69, 9.17) is 4.42 Å². The Labute approximate surface area is 166 Å². The highest BCUT2D eigenvalue weighted by Gasteiger charge is 2.28. The SMILES string of the molecule is Cc1oc2ncnc(N3CCCC(C(=O)Nc4ccc(Br)cc4)C3)c2c1C. The van der Waals surface area contributed by atoms with Gasteiger partial charge in [0, 0.05) is 28.8 Å². The highest BCUT2D eigenvalue weighted by molar-refractivity contribution is 9.10. The Balaban J connectivity index is 1.55. The second-order valence-electron chi connectivity index (χ2n) is 6.94. The van der Waals surface area contributed by atoms with E-state index in [1.807, 2.05) is 38.1 Å². The molecule has 1 atom stereocenters. The van der Waals surface area contributed by atoms with Crippen LogP contribution >= 0.6 is 15.9 Å². The number of anilines is 2. The first-order valence-corrected chi connectivity index (χ1v) is 9.84. The van der Waals surface area contributed by atoms with Crippen molar-refractivity contribution in [2.45, 2.75) is 26.7 Å². The van der Waals surface area contributed by atoms with Gasteiger partial charge in [-0.05, 0) is 51.0 Å². The number of benzene rings is 1. The third-order valence-corrected chi connectivity index (χ3v) is 5.68. The van der Waals surface area contributed by atoms with Crippen molar-refractivity contribution in [1.82, 2.24) is 9.97 Å². The molecule has 0 radical (unpaired) electrons. The number of aromatic nitrogens is 2. The van der Waals surface area contributed by atoms with Crippen molar-refractivity contribution in [3.05, 3.63) is 46.4 Å². The molecular weight excluding hydrogens is 408 g/mol. The van der Waals surface area contributed by atoms with Crippen LogP contribution in [0.15, 0.2) is 39.5 Å². The number of aryl methyl sites for hydroxylation is 2. The van der Waals surface area contributed by atoms with Gasteiger partial charge in [-0.15, -0.1) is 0 Å². The summed E-state index contributed by atoms with van der Waals surface area (Å²) in [6, 6.07) is 7.64. The van der Waals surface area contributed by atoms with Gasteiger partial charge in [0.05, 0.1) is 11.3 Å². The normalized spacial score (nSPS) is 17.3. The van der Waals surface area contributed by atoms with E-state index < -0.39 is 0 Å². The minimum atomic E-state index is -0.0827. The molecule has 1 aromatic carbocycles. The summed E-state index contributed by atoms with van der Waals surface area (Å²) in [4.78, 5) is 23.7. The van der Waals surface area contributed by atoms with Crippen LogP contribution in [0.2, 0.25) is 0 Å². The van der Waals surface area contributed by atoms with E-state index in [0.29, 0.717) is 12.3 Å². The van der Waals surface area contributed by atoms with Gasteiger partial charge in [0.2, 0.25) is 11.6 Å². The molecule has 1 N–H and O–H groups in total. The van der Waals surface area contributed by atoms with Crippen LogP contribution in [0.1, 0.15) is 24.2 Å². The number of hydrogen-bond donors (Lipinski definition) is 1. The summed E-state index contributed by atoms with van der Waals surface area (Å²) in [5.41, 5.74) is 2.48. The summed E-state index contributed by atoms with van der Waals surface area (Å²) in [7, 11) is 0. The zero-order chi connectivity index (χ0) is 19.0. The van der Waals surface area contributed by atoms with Gasteiger partial charge in [0.1, 0.15) is 17.9 Å². The fourth-order valence-corrected chi connectivity index (χ4v) is 3.83. The summed E-state index contributed by atoms with van der Waals surface area (Å²) < 4.78 is 6.72. The van der Waals surface area contributed by atoms with Crippen LogP contribution in [-0.4, -0.2) is 29.0 Å². The van der Waals surface area contributed by atoms with E-state index in [0.717, 1.165) is 52.1 Å². The maximum atomic E-state index is 12.8. The van der Waals surface area contributed by atoms with Gasteiger partial charge < -0.3 is 14.6 Å². The fraction of sp³-hybridized carbons (Fsp3) is 0.350. The molecule has 0 saturated carbocycles. The van der Waals surface area contributed by atoms with Crippen LogP contribution in [0.5, 0.6) is 0 Å². The lowest BCUT2D eigenvalue weighted by Crippen LogP contribution is -2.41. The fourth-order valence-electron chi connectivity index (χ4n) is 3.56. The molecule has 0 bridgehead atoms. The zero-order valence-corrected chi connectivity index (χ0v) is 16.9. The Morgan fingerprint density at radius 2 is 2.04 bits per heavy atom. The van der Waals surface area contributed by atoms with Gasteiger partial charge in [-0.25, -0.2) is 9.97 Å². The first-order chi connectivity index (χ1) is 13.0. The minimum Gasteiger partial charge on any atom is -0.443 e. The minimum absolute atomic E-state index is 0.0485. The number of piperidine rings is 1. The van der Waals surface area contributed by atoms with Crippen LogP contribution in [0, 0.1) is 19.8 Å². The number of hydrogen-bond acceptors (Lipinski definition) is 5. The van der Waals surface area contributed by atoms with E-state index in [9.17, 15) is 4.79 Å². The first-order valence-electron chi connectivity index (χ1n) is 9.05. The van der Waals surface area contributed by atoms with E-state index >= 15 is 0 Å². The molecule has 3 aromatic rings. The molecule has 1 aliphatic heterocycles. The molecule has 2 aromatic heterocycles. The Morgan fingerprint density at radius 3 is 2.81 bits per heavy atom. The molecule has 7 heteroatoms. The number of rotatable bonds is 3. The lowest BCUT2D eigenvalue weighted by atomic mass is 9.96. The third-order valence-electron chi connectivity index (χ3n) is 5.15. The molecule has 0 spiro atoms. The molecule has 6 nitrogen and oxygen atoms in total. The molecular formula is C20H21BrN4O2. The van der Waals surface area contributed by atoms with Crippen molar-refractivity contribution >= 4 is 44.4 Å². The topological polar surface area (TPSA) is 71.3 Å². The second kappa shape index (κ2) is 7.31. The van der Waals surface area contributed by atoms with Crippen LogP contribution in [-0.2, 0) is 4.79 Å². The van der Waals surface area contributed by atoms with Crippen molar-refractivity contribution in [3.8, 4) is 0 Å². The second-order valence-corrected chi connectivity index (χ2v) is 7.86. The predicted molar refractivity (Wildman–Crippen MR) is 109 cm³/mol. The number of nitrogens with one attached hydrogen (secondary N) is 1. The number of carbonyl (C=O) groups excluding carboxylic acids is 1. The van der Waals surface area contributed by atoms with Crippen LogP contribution in [0.25, 0.3) is 11.1 Å². The molecule has 1 amide bonds. The molecule has 1 aliphatic rings. The zero-order valence-electron chi connectivity index (χ0n) is 15.3. The molecule has 140 valence electrons. The molecule has 1 fully saturated rings. The summed E-state index contributed by atoms with van der Waals surface area (Å²) >= 11 is 3.41. The number of carbonyl (C=O) groups is 1. The summed E-state index contributed by atoms with van der Waals surface area (Å²) in [5.74, 6) is 1.68. The molecule has 4 rings (SSSR count). The predicted octanol–water partition coefficient (Wildman–Crippen LogP) is 4.46. The van der Waals surface area contributed by atoms with E-state index in [-0.39, 0.29) is 11.8 Å². The van der Waals surface area contributed by atoms with Crippen LogP contribution in [0.4, 0.5) is 11.5 Å². The van der Waals surface area contributed by atoms with Gasteiger partial charge >= 0.3 is 0 Å². The maximum Gasteiger partial charge on any atom is 0.231 e. The summed E-state index contributed by atoms with van der Waals surface area (Å²) in [5, 5.41) is 3.97. The number of nitrogens with zero attached hydrogens (tertiary/aromatic N) is 3. The number of furan rings is 1. The highest BCUT2D eigenvalue weighted by Crippen LogP contribution is 2.32. The van der Waals surface area contributed by atoms with Gasteiger partial charge in [0.25, 0.3) is 0 Å². The van der Waals surface area contributed by atoms with Gasteiger partial charge in [0.15, 0.2) is 0 Å². The molecule has 0 aliphatic carbocycles. The van der Waals surface area contributed by atoms with E-state index in [1.165, 1.54) is 6.33 Å². The number of amides is 1. The third kappa shape index (κ3) is 3.56. The Morgan fingerprint density at radius 1 is 1.26 bits per heavy atom. The van der Waals surface area contributed by atoms with Gasteiger partial charge in [-0.3, -0.25) is 4.79 Å². The number of fused-ring (bicyclic) bond motifs is 1. The van der Waals surface area contributed by atoms with E-state index in [2.05, 4.69) is 36.1 Å². The average molecular weight is 429 g/mol. The van der Waals surface area contributed by atoms with Gasteiger partial charge in [-0.2, -0.15) is 0 Å². The standard InChI is InChI=1S/C20H21BrN4O2/c1-12-13(2)27-20-17(12)18(22-11-23-20)25-9-3-4-14(10-25)19(26)24-16-7-5-15(21)6-8-16/h5-8,11,14H,3-4,9-10H2,1-2H3,(H,24,26). The smallest absolute Gasteiger partial charge is 0.231 e. The van der Waals surface area contributed by atoms with Crippen molar-refractivity contribution in [3.63, 3.8) is 0 Å². The largest absolute Gasteiger partial charge is 0.443 e. The lowest BCUT2D eigenvalue weighted by molar-refractivity contribution is -0.120.